The second-order valence-corrected chi connectivity index (χ2v) is 5.49. The molecule has 1 aliphatic heterocycles. The zero-order valence-electron chi connectivity index (χ0n) is 10.7. The van der Waals surface area contributed by atoms with Gasteiger partial charge in [0.05, 0.1) is 24.0 Å². The lowest BCUT2D eigenvalue weighted by atomic mass is 10.00. The highest BCUT2D eigenvalue weighted by atomic mass is 16.3. The SMILES string of the molecule is CCC1CC2C(=O)N(C(C)C(C)O)C(=O)C2C1. The molecule has 0 aromatic rings. The molecule has 2 aliphatic rings. The zero-order chi connectivity index (χ0) is 12.7. The fourth-order valence-electron chi connectivity index (χ4n) is 3.11. The van der Waals surface area contributed by atoms with E-state index in [1.807, 2.05) is 0 Å². The maximum atomic E-state index is 12.2. The van der Waals surface area contributed by atoms with Crippen molar-refractivity contribution in [1.82, 2.24) is 4.90 Å². The van der Waals surface area contributed by atoms with Crippen molar-refractivity contribution >= 4 is 11.8 Å². The molecule has 0 aromatic carbocycles. The standard InChI is InChI=1S/C13H21NO3/c1-4-9-5-10-11(6-9)13(17)14(12(10)16)7(2)8(3)15/h7-11,15H,4-6H2,1-3H3. The third-order valence-electron chi connectivity index (χ3n) is 4.45. The van der Waals surface area contributed by atoms with E-state index in [4.69, 9.17) is 0 Å². The molecule has 4 heteroatoms. The fraction of sp³-hybridized carbons (Fsp3) is 0.846. The summed E-state index contributed by atoms with van der Waals surface area (Å²) < 4.78 is 0. The maximum absolute atomic E-state index is 12.2. The number of aliphatic hydroxyl groups is 1. The van der Waals surface area contributed by atoms with Gasteiger partial charge in [-0.05, 0) is 32.6 Å². The quantitative estimate of drug-likeness (QED) is 0.752. The smallest absolute Gasteiger partial charge is 0.233 e. The highest BCUT2D eigenvalue weighted by Crippen LogP contribution is 2.44. The molecule has 0 radical (unpaired) electrons. The van der Waals surface area contributed by atoms with Crippen molar-refractivity contribution in [1.29, 1.82) is 0 Å². The van der Waals surface area contributed by atoms with Crippen molar-refractivity contribution in [3.63, 3.8) is 0 Å². The molecule has 2 rings (SSSR count). The van der Waals surface area contributed by atoms with E-state index in [1.165, 1.54) is 4.90 Å². The molecule has 2 fully saturated rings. The molecule has 96 valence electrons. The summed E-state index contributed by atoms with van der Waals surface area (Å²) >= 11 is 0. The van der Waals surface area contributed by atoms with Crippen molar-refractivity contribution < 1.29 is 14.7 Å². The Morgan fingerprint density at radius 3 is 2.06 bits per heavy atom. The first-order valence-electron chi connectivity index (χ1n) is 6.52. The monoisotopic (exact) mass is 239 g/mol. The molecule has 1 heterocycles. The molecule has 0 aromatic heterocycles. The van der Waals surface area contributed by atoms with Crippen LogP contribution in [0, 0.1) is 17.8 Å². The Morgan fingerprint density at radius 2 is 1.71 bits per heavy atom. The normalized spacial score (nSPS) is 36.2. The Hall–Kier alpha value is -0.900. The molecule has 4 unspecified atom stereocenters. The van der Waals surface area contributed by atoms with E-state index in [2.05, 4.69) is 6.92 Å². The van der Waals surface area contributed by atoms with Gasteiger partial charge in [-0.3, -0.25) is 14.5 Å². The number of aliphatic hydroxyl groups excluding tert-OH is 1. The Labute approximate surface area is 102 Å². The van der Waals surface area contributed by atoms with Crippen LogP contribution in [0.1, 0.15) is 40.0 Å². The van der Waals surface area contributed by atoms with Crippen LogP contribution in [0.4, 0.5) is 0 Å². The van der Waals surface area contributed by atoms with E-state index in [1.54, 1.807) is 13.8 Å². The van der Waals surface area contributed by atoms with Gasteiger partial charge in [0.2, 0.25) is 11.8 Å². The minimum atomic E-state index is -0.663. The van der Waals surface area contributed by atoms with Gasteiger partial charge in [-0.15, -0.1) is 0 Å². The summed E-state index contributed by atoms with van der Waals surface area (Å²) in [5.74, 6) is 0.151. The van der Waals surface area contributed by atoms with E-state index in [-0.39, 0.29) is 23.7 Å². The first-order valence-corrected chi connectivity index (χ1v) is 6.52. The molecule has 1 saturated carbocycles. The first-order chi connectivity index (χ1) is 7.97. The maximum Gasteiger partial charge on any atom is 0.233 e. The van der Waals surface area contributed by atoms with Gasteiger partial charge in [-0.25, -0.2) is 0 Å². The van der Waals surface area contributed by atoms with Crippen LogP contribution < -0.4 is 0 Å². The van der Waals surface area contributed by atoms with E-state index < -0.39 is 12.1 Å². The van der Waals surface area contributed by atoms with Gasteiger partial charge >= 0.3 is 0 Å². The second-order valence-electron chi connectivity index (χ2n) is 5.49. The average molecular weight is 239 g/mol. The third kappa shape index (κ3) is 1.88. The van der Waals surface area contributed by atoms with E-state index >= 15 is 0 Å². The predicted octanol–water partition coefficient (Wildman–Crippen LogP) is 1.18. The molecular formula is C13H21NO3. The number of carbonyl (C=O) groups excluding carboxylic acids is 2. The second kappa shape index (κ2) is 4.41. The third-order valence-corrected chi connectivity index (χ3v) is 4.45. The summed E-state index contributed by atoms with van der Waals surface area (Å²) in [5, 5.41) is 9.53. The minimum absolute atomic E-state index is 0.0654. The molecule has 1 N–H and O–H groups in total. The average Bonchev–Trinajstić information content (AvgIpc) is 2.80. The van der Waals surface area contributed by atoms with E-state index in [0.717, 1.165) is 19.3 Å². The van der Waals surface area contributed by atoms with E-state index in [9.17, 15) is 14.7 Å². The molecule has 4 nitrogen and oxygen atoms in total. The lowest BCUT2D eigenvalue weighted by Gasteiger charge is -2.26. The van der Waals surface area contributed by atoms with Crippen molar-refractivity contribution in [2.45, 2.75) is 52.2 Å². The molecule has 1 aliphatic carbocycles. The largest absolute Gasteiger partial charge is 0.391 e. The van der Waals surface area contributed by atoms with E-state index in [0.29, 0.717) is 5.92 Å². The van der Waals surface area contributed by atoms with Gasteiger partial charge in [0.25, 0.3) is 0 Å². The molecular weight excluding hydrogens is 218 g/mol. The van der Waals surface area contributed by atoms with Gasteiger partial charge in [0, 0.05) is 0 Å². The van der Waals surface area contributed by atoms with Crippen LogP contribution in [0.3, 0.4) is 0 Å². The molecule has 0 bridgehead atoms. The summed E-state index contributed by atoms with van der Waals surface area (Å²) in [6.07, 6.45) is 2.06. The number of imide groups is 1. The van der Waals surface area contributed by atoms with Crippen LogP contribution in [0.5, 0.6) is 0 Å². The van der Waals surface area contributed by atoms with Crippen LogP contribution in [-0.2, 0) is 9.59 Å². The van der Waals surface area contributed by atoms with Crippen molar-refractivity contribution in [2.24, 2.45) is 17.8 Å². The van der Waals surface area contributed by atoms with Crippen LogP contribution in [0.25, 0.3) is 0 Å². The lowest BCUT2D eigenvalue weighted by Crippen LogP contribution is -2.45. The number of likely N-dealkylation sites (tertiary alicyclic amines) is 1. The van der Waals surface area contributed by atoms with Crippen LogP contribution >= 0.6 is 0 Å². The number of rotatable bonds is 3. The first kappa shape index (κ1) is 12.6. The zero-order valence-corrected chi connectivity index (χ0v) is 10.7. The number of fused-ring (bicyclic) bond motifs is 1. The number of nitrogens with zero attached hydrogens (tertiary/aromatic N) is 1. The Morgan fingerprint density at radius 1 is 1.24 bits per heavy atom. The minimum Gasteiger partial charge on any atom is -0.391 e. The number of hydrogen-bond acceptors (Lipinski definition) is 3. The van der Waals surface area contributed by atoms with Gasteiger partial charge < -0.3 is 5.11 Å². The van der Waals surface area contributed by atoms with Crippen LogP contribution in [0.15, 0.2) is 0 Å². The highest BCUT2D eigenvalue weighted by molar-refractivity contribution is 6.05. The van der Waals surface area contributed by atoms with Gasteiger partial charge in [0.15, 0.2) is 0 Å². The summed E-state index contributed by atoms with van der Waals surface area (Å²) in [4.78, 5) is 25.7. The summed E-state index contributed by atoms with van der Waals surface area (Å²) in [6.45, 7) is 5.46. The Balaban J connectivity index is 2.16. The van der Waals surface area contributed by atoms with Crippen LogP contribution in [0.2, 0.25) is 0 Å². The molecule has 1 saturated heterocycles. The predicted molar refractivity (Wildman–Crippen MR) is 63.0 cm³/mol. The van der Waals surface area contributed by atoms with Crippen LogP contribution in [-0.4, -0.2) is 34.0 Å². The molecule has 17 heavy (non-hydrogen) atoms. The Kier molecular flexibility index (Phi) is 3.25. The summed E-state index contributed by atoms with van der Waals surface area (Å²) in [6, 6.07) is -0.402. The van der Waals surface area contributed by atoms with Gasteiger partial charge in [0.1, 0.15) is 0 Å². The highest BCUT2D eigenvalue weighted by Gasteiger charge is 2.53. The van der Waals surface area contributed by atoms with Crippen molar-refractivity contribution in [2.75, 3.05) is 0 Å². The molecule has 4 atom stereocenters. The molecule has 2 amide bonds. The topological polar surface area (TPSA) is 57.6 Å². The summed E-state index contributed by atoms with van der Waals surface area (Å²) in [7, 11) is 0. The van der Waals surface area contributed by atoms with Crippen molar-refractivity contribution in [3.05, 3.63) is 0 Å². The molecule has 0 spiro atoms. The number of hydrogen-bond donors (Lipinski definition) is 1. The van der Waals surface area contributed by atoms with Crippen molar-refractivity contribution in [3.8, 4) is 0 Å². The van der Waals surface area contributed by atoms with Gasteiger partial charge in [-0.1, -0.05) is 13.3 Å². The lowest BCUT2D eigenvalue weighted by molar-refractivity contribution is -0.145. The number of amides is 2. The fourth-order valence-corrected chi connectivity index (χ4v) is 3.11. The van der Waals surface area contributed by atoms with Gasteiger partial charge in [-0.2, -0.15) is 0 Å². The summed E-state index contributed by atoms with van der Waals surface area (Å²) in [5.41, 5.74) is 0. The Bertz CT molecular complexity index is 316. The number of carbonyl (C=O) groups is 2.